The fraction of sp³-hybridized carbons (Fsp3) is 0.286. The summed E-state index contributed by atoms with van der Waals surface area (Å²) in [5, 5.41) is 9.21. The second kappa shape index (κ2) is 4.85. The SMILES string of the molecule is CCc1nnc(Cn2ccc3c(CN)cccc32)o1. The van der Waals surface area contributed by atoms with Gasteiger partial charge in [-0.05, 0) is 17.7 Å². The van der Waals surface area contributed by atoms with Gasteiger partial charge < -0.3 is 14.7 Å². The summed E-state index contributed by atoms with van der Waals surface area (Å²) in [7, 11) is 0. The van der Waals surface area contributed by atoms with E-state index in [0.717, 1.165) is 17.5 Å². The molecule has 2 heterocycles. The minimum absolute atomic E-state index is 0.544. The van der Waals surface area contributed by atoms with Crippen LogP contribution in [-0.4, -0.2) is 14.8 Å². The topological polar surface area (TPSA) is 69.9 Å². The lowest BCUT2D eigenvalue weighted by atomic mass is 10.1. The maximum Gasteiger partial charge on any atom is 0.236 e. The van der Waals surface area contributed by atoms with Gasteiger partial charge in [-0.25, -0.2) is 0 Å². The summed E-state index contributed by atoms with van der Waals surface area (Å²) in [6.45, 7) is 3.13. The molecule has 0 amide bonds. The highest BCUT2D eigenvalue weighted by Crippen LogP contribution is 2.20. The lowest BCUT2D eigenvalue weighted by Gasteiger charge is -2.03. The van der Waals surface area contributed by atoms with Crippen molar-refractivity contribution in [1.82, 2.24) is 14.8 Å². The van der Waals surface area contributed by atoms with Crippen molar-refractivity contribution in [3.05, 3.63) is 47.8 Å². The number of aromatic nitrogens is 3. The van der Waals surface area contributed by atoms with E-state index >= 15 is 0 Å². The summed E-state index contributed by atoms with van der Waals surface area (Å²) in [6.07, 6.45) is 2.79. The van der Waals surface area contributed by atoms with Crippen molar-refractivity contribution in [2.24, 2.45) is 5.73 Å². The van der Waals surface area contributed by atoms with Crippen molar-refractivity contribution in [1.29, 1.82) is 0 Å². The van der Waals surface area contributed by atoms with E-state index in [1.54, 1.807) is 0 Å². The van der Waals surface area contributed by atoms with E-state index in [-0.39, 0.29) is 0 Å². The fourth-order valence-corrected chi connectivity index (χ4v) is 2.24. The first-order valence-electron chi connectivity index (χ1n) is 6.40. The Bertz CT molecular complexity index is 698. The molecular weight excluding hydrogens is 240 g/mol. The summed E-state index contributed by atoms with van der Waals surface area (Å²) in [5.41, 5.74) is 8.04. The fourth-order valence-electron chi connectivity index (χ4n) is 2.24. The van der Waals surface area contributed by atoms with Gasteiger partial charge in [0.15, 0.2) is 0 Å². The molecule has 0 radical (unpaired) electrons. The molecule has 0 aliphatic heterocycles. The lowest BCUT2D eigenvalue weighted by Crippen LogP contribution is -2.00. The number of rotatable bonds is 4. The standard InChI is InChI=1S/C14H16N4O/c1-2-13-16-17-14(19-13)9-18-7-6-11-10(8-15)4-3-5-12(11)18/h3-7H,2,8-9,15H2,1H3. The average molecular weight is 256 g/mol. The van der Waals surface area contributed by atoms with Crippen LogP contribution in [0.15, 0.2) is 34.9 Å². The van der Waals surface area contributed by atoms with E-state index in [2.05, 4.69) is 33.0 Å². The summed E-state index contributed by atoms with van der Waals surface area (Å²) < 4.78 is 7.64. The molecule has 5 nitrogen and oxygen atoms in total. The Kier molecular flexibility index (Phi) is 3.05. The predicted octanol–water partition coefficient (Wildman–Crippen LogP) is 2.09. The van der Waals surface area contributed by atoms with Crippen molar-refractivity contribution in [3.63, 3.8) is 0 Å². The molecule has 0 spiro atoms. The largest absolute Gasteiger partial charge is 0.423 e. The van der Waals surface area contributed by atoms with Crippen LogP contribution in [0.3, 0.4) is 0 Å². The maximum atomic E-state index is 5.75. The van der Waals surface area contributed by atoms with Crippen molar-refractivity contribution in [2.45, 2.75) is 26.4 Å². The van der Waals surface area contributed by atoms with E-state index in [0.29, 0.717) is 24.9 Å². The van der Waals surface area contributed by atoms with Gasteiger partial charge in [0.1, 0.15) is 6.54 Å². The van der Waals surface area contributed by atoms with Crippen LogP contribution in [0.25, 0.3) is 10.9 Å². The highest BCUT2D eigenvalue weighted by molar-refractivity contribution is 5.83. The third-order valence-electron chi connectivity index (χ3n) is 3.24. The van der Waals surface area contributed by atoms with Gasteiger partial charge in [-0.1, -0.05) is 19.1 Å². The zero-order valence-corrected chi connectivity index (χ0v) is 10.8. The van der Waals surface area contributed by atoms with Crippen molar-refractivity contribution in [2.75, 3.05) is 0 Å². The lowest BCUT2D eigenvalue weighted by molar-refractivity contribution is 0.444. The normalized spacial score (nSPS) is 11.3. The first kappa shape index (κ1) is 11.9. The summed E-state index contributed by atoms with van der Waals surface area (Å²) in [6, 6.07) is 8.22. The number of nitrogens with zero attached hydrogens (tertiary/aromatic N) is 3. The molecule has 5 heteroatoms. The van der Waals surface area contributed by atoms with Crippen LogP contribution in [0.1, 0.15) is 24.3 Å². The summed E-state index contributed by atoms with van der Waals surface area (Å²) in [4.78, 5) is 0. The van der Waals surface area contributed by atoms with Crippen LogP contribution in [0, 0.1) is 0 Å². The Labute approximate surface area is 111 Å². The Hall–Kier alpha value is -2.14. The third-order valence-corrected chi connectivity index (χ3v) is 3.24. The molecular formula is C14H16N4O. The molecule has 98 valence electrons. The number of nitrogens with two attached hydrogens (primary N) is 1. The molecule has 0 bridgehead atoms. The molecule has 0 saturated carbocycles. The van der Waals surface area contributed by atoms with Crippen LogP contribution >= 0.6 is 0 Å². The number of hydrogen-bond donors (Lipinski definition) is 1. The Balaban J connectivity index is 1.97. The maximum absolute atomic E-state index is 5.75. The predicted molar refractivity (Wildman–Crippen MR) is 72.6 cm³/mol. The Morgan fingerprint density at radius 2 is 2.05 bits per heavy atom. The molecule has 3 aromatic rings. The molecule has 0 unspecified atom stereocenters. The molecule has 0 saturated heterocycles. The molecule has 2 aromatic heterocycles. The van der Waals surface area contributed by atoms with E-state index in [1.807, 2.05) is 19.2 Å². The summed E-state index contributed by atoms with van der Waals surface area (Å²) >= 11 is 0. The van der Waals surface area contributed by atoms with Crippen LogP contribution in [0.5, 0.6) is 0 Å². The highest BCUT2D eigenvalue weighted by Gasteiger charge is 2.08. The zero-order valence-electron chi connectivity index (χ0n) is 10.8. The molecule has 0 aliphatic rings. The van der Waals surface area contributed by atoms with Crippen LogP contribution in [0.4, 0.5) is 0 Å². The van der Waals surface area contributed by atoms with Crippen molar-refractivity contribution in [3.8, 4) is 0 Å². The molecule has 19 heavy (non-hydrogen) atoms. The van der Waals surface area contributed by atoms with Gasteiger partial charge >= 0.3 is 0 Å². The van der Waals surface area contributed by atoms with Crippen molar-refractivity contribution >= 4 is 10.9 Å². The van der Waals surface area contributed by atoms with Crippen LogP contribution < -0.4 is 5.73 Å². The second-order valence-corrected chi connectivity index (χ2v) is 4.44. The molecule has 0 fully saturated rings. The van der Waals surface area contributed by atoms with Gasteiger partial charge in [-0.3, -0.25) is 0 Å². The second-order valence-electron chi connectivity index (χ2n) is 4.44. The number of aryl methyl sites for hydroxylation is 1. The number of fused-ring (bicyclic) bond motifs is 1. The van der Waals surface area contributed by atoms with Gasteiger partial charge in [0.2, 0.25) is 11.8 Å². The summed E-state index contributed by atoms with van der Waals surface area (Å²) in [5.74, 6) is 1.31. The van der Waals surface area contributed by atoms with E-state index in [9.17, 15) is 0 Å². The molecule has 1 aromatic carbocycles. The quantitative estimate of drug-likeness (QED) is 0.776. The van der Waals surface area contributed by atoms with E-state index < -0.39 is 0 Å². The van der Waals surface area contributed by atoms with E-state index in [4.69, 9.17) is 10.2 Å². The number of hydrogen-bond acceptors (Lipinski definition) is 4. The molecule has 0 atom stereocenters. The van der Waals surface area contributed by atoms with Gasteiger partial charge in [-0.15, -0.1) is 10.2 Å². The average Bonchev–Trinajstić information content (AvgIpc) is 3.06. The monoisotopic (exact) mass is 256 g/mol. The molecule has 3 rings (SSSR count). The first-order chi connectivity index (χ1) is 9.31. The van der Waals surface area contributed by atoms with Crippen molar-refractivity contribution < 1.29 is 4.42 Å². The van der Waals surface area contributed by atoms with Gasteiger partial charge in [0.05, 0.1) is 0 Å². The molecule has 0 aliphatic carbocycles. The first-order valence-corrected chi connectivity index (χ1v) is 6.40. The van der Waals surface area contributed by atoms with Gasteiger partial charge in [0.25, 0.3) is 0 Å². The van der Waals surface area contributed by atoms with Crippen LogP contribution in [0.2, 0.25) is 0 Å². The third kappa shape index (κ3) is 2.13. The Morgan fingerprint density at radius 3 is 2.79 bits per heavy atom. The van der Waals surface area contributed by atoms with Gasteiger partial charge in [0, 0.05) is 30.1 Å². The Morgan fingerprint density at radius 1 is 1.21 bits per heavy atom. The smallest absolute Gasteiger partial charge is 0.236 e. The van der Waals surface area contributed by atoms with E-state index in [1.165, 1.54) is 5.39 Å². The molecule has 2 N–H and O–H groups in total. The minimum atomic E-state index is 0.544. The highest BCUT2D eigenvalue weighted by atomic mass is 16.4. The minimum Gasteiger partial charge on any atom is -0.423 e. The number of benzene rings is 1. The zero-order chi connectivity index (χ0) is 13.2. The van der Waals surface area contributed by atoms with Gasteiger partial charge in [-0.2, -0.15) is 0 Å². The van der Waals surface area contributed by atoms with Crippen LogP contribution in [-0.2, 0) is 19.5 Å².